The highest BCUT2D eigenvalue weighted by Crippen LogP contribution is 2.19. The normalized spacial score (nSPS) is 12.9. The molecule has 1 rings (SSSR count). The number of rotatable bonds is 4. The summed E-state index contributed by atoms with van der Waals surface area (Å²) in [6.07, 6.45) is 2.19. The minimum atomic E-state index is -0.380. The van der Waals surface area contributed by atoms with Crippen LogP contribution in [0.4, 0.5) is 4.39 Å². The van der Waals surface area contributed by atoms with Gasteiger partial charge in [-0.15, -0.1) is 0 Å². The molecule has 0 aromatic heterocycles. The van der Waals surface area contributed by atoms with Crippen molar-refractivity contribution in [2.24, 2.45) is 0 Å². The van der Waals surface area contributed by atoms with Crippen molar-refractivity contribution in [1.29, 1.82) is 0 Å². The van der Waals surface area contributed by atoms with E-state index in [1.54, 1.807) is 0 Å². The summed E-state index contributed by atoms with van der Waals surface area (Å²) in [6, 6.07) is 6.27. The lowest BCUT2D eigenvalue weighted by molar-refractivity contribution is 0.465. The van der Waals surface area contributed by atoms with Crippen molar-refractivity contribution in [3.05, 3.63) is 41.8 Å². The van der Waals surface area contributed by atoms with Gasteiger partial charge in [0.25, 0.3) is 0 Å². The smallest absolute Gasteiger partial charge is 0.0962 e. The Morgan fingerprint density at radius 1 is 1.36 bits per heavy atom. The lowest BCUT2D eigenvalue weighted by Gasteiger charge is -2.10. The Morgan fingerprint density at radius 3 is 2.64 bits per heavy atom. The number of aryl methyl sites for hydroxylation is 2. The summed E-state index contributed by atoms with van der Waals surface area (Å²) in [5, 5.41) is 0. The highest BCUT2D eigenvalue weighted by atomic mass is 19.1. The van der Waals surface area contributed by atoms with Gasteiger partial charge in [0, 0.05) is 5.92 Å². The predicted octanol–water partition coefficient (Wildman–Crippen LogP) is 3.83. The van der Waals surface area contributed by atoms with Gasteiger partial charge in [-0.2, -0.15) is 0 Å². The third-order valence-electron chi connectivity index (χ3n) is 2.36. The maximum Gasteiger partial charge on any atom is 0.0962 e. The number of hydrogen-bond donors (Lipinski definition) is 0. The minimum absolute atomic E-state index is 0.217. The van der Waals surface area contributed by atoms with Gasteiger partial charge in [0.2, 0.25) is 0 Å². The van der Waals surface area contributed by atoms with E-state index in [2.05, 4.69) is 26.0 Å². The van der Waals surface area contributed by atoms with Crippen LogP contribution in [0.2, 0.25) is 0 Å². The molecule has 14 heavy (non-hydrogen) atoms. The molecule has 0 spiro atoms. The van der Waals surface area contributed by atoms with Crippen LogP contribution in [0.1, 0.15) is 36.0 Å². The molecular weight excluding hydrogens is 175 g/mol. The molecule has 0 bridgehead atoms. The van der Waals surface area contributed by atoms with Gasteiger partial charge < -0.3 is 0 Å². The van der Waals surface area contributed by atoms with Gasteiger partial charge in [0.15, 0.2) is 0 Å². The van der Waals surface area contributed by atoms with Crippen molar-refractivity contribution < 1.29 is 4.39 Å². The zero-order valence-electron chi connectivity index (χ0n) is 9.02. The Balaban J connectivity index is 2.94. The number of hydrogen-bond acceptors (Lipinski definition) is 0. The Morgan fingerprint density at radius 2 is 2.07 bits per heavy atom. The van der Waals surface area contributed by atoms with Crippen LogP contribution in [-0.2, 0) is 6.42 Å². The van der Waals surface area contributed by atoms with Crippen LogP contribution in [0.15, 0.2) is 18.2 Å². The fraction of sp³-hybridized carbons (Fsp3) is 0.462. The summed E-state index contributed by atoms with van der Waals surface area (Å²) in [4.78, 5) is 0. The molecule has 0 aliphatic carbocycles. The molecule has 0 saturated carbocycles. The molecule has 0 aliphatic heterocycles. The van der Waals surface area contributed by atoms with Gasteiger partial charge in [-0.05, 0) is 31.4 Å². The first-order chi connectivity index (χ1) is 6.67. The fourth-order valence-corrected chi connectivity index (χ4v) is 1.65. The van der Waals surface area contributed by atoms with Gasteiger partial charge in [-0.3, -0.25) is 4.39 Å². The second kappa shape index (κ2) is 5.14. The van der Waals surface area contributed by atoms with E-state index in [4.69, 9.17) is 0 Å². The predicted molar refractivity (Wildman–Crippen MR) is 59.2 cm³/mol. The second-order valence-electron chi connectivity index (χ2n) is 3.85. The van der Waals surface area contributed by atoms with Crippen LogP contribution < -0.4 is 0 Å². The van der Waals surface area contributed by atoms with Crippen LogP contribution in [0.3, 0.4) is 0 Å². The van der Waals surface area contributed by atoms with Gasteiger partial charge in [-0.1, -0.05) is 37.1 Å². The SMILES string of the molecule is [CH2]C(CF)c1cc(C)cc(CCC)c1. The van der Waals surface area contributed by atoms with E-state index in [1.807, 2.05) is 13.0 Å². The summed E-state index contributed by atoms with van der Waals surface area (Å²) < 4.78 is 12.5. The van der Waals surface area contributed by atoms with E-state index >= 15 is 0 Å². The molecule has 0 fully saturated rings. The van der Waals surface area contributed by atoms with Gasteiger partial charge >= 0.3 is 0 Å². The standard InChI is InChI=1S/C13H18F/c1-4-5-12-6-10(2)7-13(8-12)11(3)9-14/h6-8,11H,3-5,9H2,1-2H3. The Hall–Kier alpha value is -0.850. The molecule has 0 N–H and O–H groups in total. The summed E-state index contributed by atoms with van der Waals surface area (Å²) in [5.74, 6) is -0.217. The van der Waals surface area contributed by atoms with Crippen molar-refractivity contribution in [3.63, 3.8) is 0 Å². The van der Waals surface area contributed by atoms with Gasteiger partial charge in [-0.25, -0.2) is 0 Å². The molecule has 1 heteroatoms. The Bertz CT molecular complexity index is 291. The first kappa shape index (κ1) is 11.2. The van der Waals surface area contributed by atoms with Crippen molar-refractivity contribution >= 4 is 0 Å². The van der Waals surface area contributed by atoms with Crippen LogP contribution >= 0.6 is 0 Å². The average molecular weight is 193 g/mol. The topological polar surface area (TPSA) is 0 Å². The molecule has 1 aromatic carbocycles. The first-order valence-corrected chi connectivity index (χ1v) is 5.17. The lowest BCUT2D eigenvalue weighted by atomic mass is 9.96. The van der Waals surface area contributed by atoms with Crippen molar-refractivity contribution in [3.8, 4) is 0 Å². The van der Waals surface area contributed by atoms with Crippen molar-refractivity contribution in [2.45, 2.75) is 32.6 Å². The van der Waals surface area contributed by atoms with Crippen molar-refractivity contribution in [2.75, 3.05) is 6.67 Å². The summed E-state index contributed by atoms with van der Waals surface area (Å²) in [7, 11) is 0. The molecule has 1 radical (unpaired) electrons. The molecule has 77 valence electrons. The van der Waals surface area contributed by atoms with E-state index in [9.17, 15) is 4.39 Å². The third kappa shape index (κ3) is 2.83. The van der Waals surface area contributed by atoms with Crippen LogP contribution in [0, 0.1) is 13.8 Å². The van der Waals surface area contributed by atoms with E-state index in [-0.39, 0.29) is 12.6 Å². The quantitative estimate of drug-likeness (QED) is 0.681. The van der Waals surface area contributed by atoms with Gasteiger partial charge in [0.1, 0.15) is 0 Å². The Labute approximate surface area is 86.2 Å². The van der Waals surface area contributed by atoms with Crippen molar-refractivity contribution in [1.82, 2.24) is 0 Å². The second-order valence-corrected chi connectivity index (χ2v) is 3.85. The fourth-order valence-electron chi connectivity index (χ4n) is 1.65. The molecular formula is C13H18F. The molecule has 0 heterocycles. The molecule has 0 aliphatic rings. The molecule has 1 unspecified atom stereocenters. The number of halogens is 1. The summed E-state index contributed by atoms with van der Waals surface area (Å²) in [5.41, 5.74) is 3.52. The van der Waals surface area contributed by atoms with Crippen LogP contribution in [0.25, 0.3) is 0 Å². The molecule has 0 saturated heterocycles. The van der Waals surface area contributed by atoms with E-state index in [0.717, 1.165) is 18.4 Å². The molecule has 1 aromatic rings. The highest BCUT2D eigenvalue weighted by molar-refractivity contribution is 5.32. The Kier molecular flexibility index (Phi) is 4.12. The first-order valence-electron chi connectivity index (χ1n) is 5.17. The minimum Gasteiger partial charge on any atom is -0.250 e. The van der Waals surface area contributed by atoms with E-state index < -0.39 is 0 Å². The molecule has 1 atom stereocenters. The average Bonchev–Trinajstić information content (AvgIpc) is 2.16. The highest BCUT2D eigenvalue weighted by Gasteiger charge is 2.06. The van der Waals surface area contributed by atoms with E-state index in [1.165, 1.54) is 11.1 Å². The monoisotopic (exact) mass is 193 g/mol. The summed E-state index contributed by atoms with van der Waals surface area (Å²) in [6.45, 7) is 7.62. The maximum absolute atomic E-state index is 12.5. The summed E-state index contributed by atoms with van der Waals surface area (Å²) >= 11 is 0. The largest absolute Gasteiger partial charge is 0.250 e. The van der Waals surface area contributed by atoms with Crippen LogP contribution in [-0.4, -0.2) is 6.67 Å². The number of benzene rings is 1. The van der Waals surface area contributed by atoms with Gasteiger partial charge in [0.05, 0.1) is 6.67 Å². The van der Waals surface area contributed by atoms with Crippen LogP contribution in [0.5, 0.6) is 0 Å². The third-order valence-corrected chi connectivity index (χ3v) is 2.36. The lowest BCUT2D eigenvalue weighted by Crippen LogP contribution is -1.98. The molecule has 0 amide bonds. The zero-order chi connectivity index (χ0) is 10.6. The molecule has 0 nitrogen and oxygen atoms in total. The van der Waals surface area contributed by atoms with E-state index in [0.29, 0.717) is 0 Å². The zero-order valence-corrected chi connectivity index (χ0v) is 9.02. The number of alkyl halides is 1. The maximum atomic E-state index is 12.5.